The molecule has 1 heterocycles. The summed E-state index contributed by atoms with van der Waals surface area (Å²) in [5.74, 6) is 1.05. The molecule has 0 aliphatic heterocycles. The maximum Gasteiger partial charge on any atom is 0.134 e. The topological polar surface area (TPSA) is 56.4 Å². The second kappa shape index (κ2) is 5.83. The number of pyridine rings is 1. The molecule has 0 atom stereocenters. The van der Waals surface area contributed by atoms with Gasteiger partial charge in [0.2, 0.25) is 0 Å². The highest BCUT2D eigenvalue weighted by molar-refractivity contribution is 5.91. The Morgan fingerprint density at radius 2 is 1.78 bits per heavy atom. The van der Waals surface area contributed by atoms with Crippen molar-refractivity contribution < 1.29 is 5.48 Å². The first-order valence-corrected chi connectivity index (χ1v) is 6.54. The van der Waals surface area contributed by atoms with Crippen LogP contribution in [-0.4, -0.2) is 16.5 Å². The van der Waals surface area contributed by atoms with Gasteiger partial charge >= 0.3 is 0 Å². The van der Waals surface area contributed by atoms with Crippen molar-refractivity contribution in [3.05, 3.63) is 36.5 Å². The quantitative estimate of drug-likeness (QED) is 0.882. The van der Waals surface area contributed by atoms with Crippen LogP contribution >= 0.6 is 0 Å². The van der Waals surface area contributed by atoms with Crippen molar-refractivity contribution in [2.75, 3.05) is 5.32 Å². The van der Waals surface area contributed by atoms with Gasteiger partial charge in [0.25, 0.3) is 0 Å². The molecule has 1 aromatic carbocycles. The van der Waals surface area contributed by atoms with Crippen LogP contribution in [0.2, 0.25) is 0 Å². The molecule has 0 spiro atoms. The fourth-order valence-corrected chi connectivity index (χ4v) is 2.67. The number of nitrogens with one attached hydrogen (secondary N) is 1. The summed E-state index contributed by atoms with van der Waals surface area (Å²) in [7, 11) is 0. The average Bonchev–Trinajstić information content (AvgIpc) is 2.40. The summed E-state index contributed by atoms with van der Waals surface area (Å²) in [6.45, 7) is 0. The van der Waals surface area contributed by atoms with Crippen molar-refractivity contribution in [1.82, 2.24) is 4.98 Å². The van der Waals surface area contributed by atoms with Gasteiger partial charge in [0, 0.05) is 17.6 Å². The molecule has 1 saturated carbocycles. The monoisotopic (exact) mass is 244 g/mol. The third-order valence-electron chi connectivity index (χ3n) is 3.62. The summed E-state index contributed by atoms with van der Waals surface area (Å²) in [5.41, 5.74) is 0. The molecule has 0 unspecified atom stereocenters. The van der Waals surface area contributed by atoms with Crippen LogP contribution in [0.3, 0.4) is 0 Å². The summed E-state index contributed by atoms with van der Waals surface area (Å²) in [6, 6.07) is 11.1. The first-order valence-electron chi connectivity index (χ1n) is 6.54. The van der Waals surface area contributed by atoms with Gasteiger partial charge in [0.1, 0.15) is 5.82 Å². The molecule has 1 aliphatic rings. The standard InChI is InChI=1S/C15H18N2.H2O/c1-2-7-13(8-3-1)17-15-14-9-5-4-6-12(14)10-11-16-15;/h4-6,9-11,13H,1-3,7-8H2,(H,16,17);1H2. The Labute approximate surface area is 108 Å². The van der Waals surface area contributed by atoms with Gasteiger partial charge in [-0.2, -0.15) is 0 Å². The number of aromatic nitrogens is 1. The van der Waals surface area contributed by atoms with Crippen LogP contribution in [0.1, 0.15) is 32.1 Å². The zero-order valence-corrected chi connectivity index (χ0v) is 10.5. The molecule has 0 saturated heterocycles. The first-order chi connectivity index (χ1) is 8.43. The highest BCUT2D eigenvalue weighted by Crippen LogP contribution is 2.25. The maximum atomic E-state index is 4.49. The van der Waals surface area contributed by atoms with Crippen LogP contribution in [0.15, 0.2) is 36.5 Å². The largest absolute Gasteiger partial charge is 0.412 e. The van der Waals surface area contributed by atoms with Crippen molar-refractivity contribution in [3.63, 3.8) is 0 Å². The second-order valence-electron chi connectivity index (χ2n) is 4.86. The molecule has 3 nitrogen and oxygen atoms in total. The van der Waals surface area contributed by atoms with Crippen LogP contribution in [0.25, 0.3) is 10.8 Å². The van der Waals surface area contributed by atoms with E-state index in [0.717, 1.165) is 5.82 Å². The SMILES string of the molecule is O.c1ccc2c(NC3CCCCC3)nccc2c1. The van der Waals surface area contributed by atoms with Crippen LogP contribution in [0.5, 0.6) is 0 Å². The van der Waals surface area contributed by atoms with Gasteiger partial charge in [0.15, 0.2) is 0 Å². The van der Waals surface area contributed by atoms with Gasteiger partial charge in [-0.05, 0) is 24.3 Å². The zero-order valence-electron chi connectivity index (χ0n) is 10.5. The van der Waals surface area contributed by atoms with Crippen molar-refractivity contribution in [3.8, 4) is 0 Å². The van der Waals surface area contributed by atoms with E-state index in [-0.39, 0.29) is 5.48 Å². The van der Waals surface area contributed by atoms with E-state index in [9.17, 15) is 0 Å². The van der Waals surface area contributed by atoms with Crippen LogP contribution in [-0.2, 0) is 0 Å². The van der Waals surface area contributed by atoms with Gasteiger partial charge in [-0.3, -0.25) is 0 Å². The predicted molar refractivity (Wildman–Crippen MR) is 75.9 cm³/mol. The van der Waals surface area contributed by atoms with Crippen molar-refractivity contribution in [2.45, 2.75) is 38.1 Å². The molecule has 1 fully saturated rings. The molecule has 2 aromatic rings. The number of hydrogen-bond acceptors (Lipinski definition) is 2. The zero-order chi connectivity index (χ0) is 11.5. The molecule has 0 amide bonds. The third kappa shape index (κ3) is 2.62. The smallest absolute Gasteiger partial charge is 0.134 e. The summed E-state index contributed by atoms with van der Waals surface area (Å²) >= 11 is 0. The van der Waals surface area contributed by atoms with E-state index in [1.54, 1.807) is 0 Å². The normalized spacial score (nSPS) is 16.2. The lowest BCUT2D eigenvalue weighted by Gasteiger charge is -2.23. The molecule has 3 heteroatoms. The van der Waals surface area contributed by atoms with Gasteiger partial charge in [-0.25, -0.2) is 4.98 Å². The van der Waals surface area contributed by atoms with Crippen LogP contribution in [0.4, 0.5) is 5.82 Å². The van der Waals surface area contributed by atoms with Gasteiger partial charge < -0.3 is 10.8 Å². The number of fused-ring (bicyclic) bond motifs is 1. The maximum absolute atomic E-state index is 4.49. The Kier molecular flexibility index (Phi) is 4.15. The average molecular weight is 244 g/mol. The van der Waals surface area contributed by atoms with E-state index < -0.39 is 0 Å². The van der Waals surface area contributed by atoms with E-state index in [1.807, 2.05) is 6.20 Å². The Hall–Kier alpha value is -1.61. The van der Waals surface area contributed by atoms with Gasteiger partial charge in [0.05, 0.1) is 0 Å². The predicted octanol–water partition coefficient (Wildman–Crippen LogP) is 3.15. The molecule has 18 heavy (non-hydrogen) atoms. The molecule has 96 valence electrons. The number of anilines is 1. The van der Waals surface area contributed by atoms with E-state index in [2.05, 4.69) is 40.6 Å². The number of benzene rings is 1. The fraction of sp³-hybridized carbons (Fsp3) is 0.400. The third-order valence-corrected chi connectivity index (χ3v) is 3.62. The molecule has 1 aliphatic carbocycles. The van der Waals surface area contributed by atoms with Gasteiger partial charge in [-0.15, -0.1) is 0 Å². The lowest BCUT2D eigenvalue weighted by atomic mass is 9.95. The highest BCUT2D eigenvalue weighted by atomic mass is 16.0. The minimum absolute atomic E-state index is 0. The van der Waals surface area contributed by atoms with Crippen molar-refractivity contribution in [1.29, 1.82) is 0 Å². The summed E-state index contributed by atoms with van der Waals surface area (Å²) in [6.07, 6.45) is 8.55. The Morgan fingerprint density at radius 3 is 2.61 bits per heavy atom. The Balaban J connectivity index is 0.00000120. The van der Waals surface area contributed by atoms with Crippen LogP contribution in [0, 0.1) is 0 Å². The number of hydrogen-bond donors (Lipinski definition) is 1. The number of nitrogens with zero attached hydrogens (tertiary/aromatic N) is 1. The summed E-state index contributed by atoms with van der Waals surface area (Å²) < 4.78 is 0. The molecular weight excluding hydrogens is 224 g/mol. The Morgan fingerprint density at radius 1 is 1.00 bits per heavy atom. The second-order valence-corrected chi connectivity index (χ2v) is 4.86. The molecule has 3 rings (SSSR count). The Bertz CT molecular complexity index is 501. The first kappa shape index (κ1) is 12.8. The van der Waals surface area contributed by atoms with E-state index in [4.69, 9.17) is 0 Å². The molecule has 0 bridgehead atoms. The lowest BCUT2D eigenvalue weighted by Crippen LogP contribution is -2.22. The van der Waals surface area contributed by atoms with E-state index in [0.29, 0.717) is 6.04 Å². The van der Waals surface area contributed by atoms with E-state index in [1.165, 1.54) is 42.9 Å². The minimum atomic E-state index is 0. The van der Waals surface area contributed by atoms with Crippen LogP contribution < -0.4 is 5.32 Å². The summed E-state index contributed by atoms with van der Waals surface area (Å²) in [4.78, 5) is 4.49. The molecule has 3 N–H and O–H groups in total. The summed E-state index contributed by atoms with van der Waals surface area (Å²) in [5, 5.41) is 6.11. The fourth-order valence-electron chi connectivity index (χ4n) is 2.67. The molecular formula is C15H20N2O. The highest BCUT2D eigenvalue weighted by Gasteiger charge is 2.14. The molecule has 0 radical (unpaired) electrons. The minimum Gasteiger partial charge on any atom is -0.412 e. The van der Waals surface area contributed by atoms with E-state index >= 15 is 0 Å². The van der Waals surface area contributed by atoms with Crippen molar-refractivity contribution >= 4 is 16.6 Å². The van der Waals surface area contributed by atoms with Crippen molar-refractivity contribution in [2.24, 2.45) is 0 Å². The molecule has 1 aromatic heterocycles. The lowest BCUT2D eigenvalue weighted by molar-refractivity contribution is 0.462. The number of rotatable bonds is 2. The van der Waals surface area contributed by atoms with Gasteiger partial charge in [-0.1, -0.05) is 43.5 Å².